The highest BCUT2D eigenvalue weighted by atomic mass is 16.2. The topological polar surface area (TPSA) is 74.3 Å². The summed E-state index contributed by atoms with van der Waals surface area (Å²) in [5.74, 6) is 1.14. The minimum Gasteiger partial charge on any atom is -0.363 e. The molecule has 6 nitrogen and oxygen atoms in total. The number of carbonyl (C=O) groups excluding carboxylic acids is 2. The molecular weight excluding hydrogens is 316 g/mol. The van der Waals surface area contributed by atoms with Crippen molar-refractivity contribution in [2.75, 3.05) is 29.6 Å². The van der Waals surface area contributed by atoms with Gasteiger partial charge in [-0.15, -0.1) is 0 Å². The number of carbonyl (C=O) groups is 2. The summed E-state index contributed by atoms with van der Waals surface area (Å²) in [7, 11) is 3.81. The third-order valence-electron chi connectivity index (χ3n) is 4.30. The van der Waals surface area contributed by atoms with E-state index in [1.807, 2.05) is 25.1 Å². The molecule has 2 atom stereocenters. The van der Waals surface area contributed by atoms with Crippen molar-refractivity contribution >= 4 is 29.0 Å². The van der Waals surface area contributed by atoms with Gasteiger partial charge in [-0.1, -0.05) is 13.0 Å². The standard InChI is InChI=1S/C19H22N4O2/c1-12-9-16(12)19(25)21-14-6-4-5-13(10-14)18(24)22-15-7-8-17(20-11-15)23(2)3/h4-8,10-12,16H,9H2,1-3H3,(H,21,25)(H,22,24). The first-order chi connectivity index (χ1) is 11.9. The first kappa shape index (κ1) is 17.0. The van der Waals surface area contributed by atoms with E-state index < -0.39 is 0 Å². The average Bonchev–Trinajstić information content (AvgIpc) is 3.32. The van der Waals surface area contributed by atoms with Crippen LogP contribution < -0.4 is 15.5 Å². The van der Waals surface area contributed by atoms with Crippen LogP contribution in [0.25, 0.3) is 0 Å². The Kier molecular flexibility index (Phi) is 4.70. The Morgan fingerprint density at radius 3 is 2.48 bits per heavy atom. The van der Waals surface area contributed by atoms with Crippen LogP contribution in [-0.4, -0.2) is 30.9 Å². The van der Waals surface area contributed by atoms with E-state index in [-0.39, 0.29) is 17.7 Å². The highest BCUT2D eigenvalue weighted by Crippen LogP contribution is 2.38. The molecule has 25 heavy (non-hydrogen) atoms. The molecule has 1 fully saturated rings. The molecular formula is C19H22N4O2. The monoisotopic (exact) mass is 338 g/mol. The second kappa shape index (κ2) is 6.93. The van der Waals surface area contributed by atoms with E-state index >= 15 is 0 Å². The number of benzene rings is 1. The second-order valence-corrected chi connectivity index (χ2v) is 6.64. The minimum atomic E-state index is -0.240. The molecule has 1 aromatic heterocycles. The van der Waals surface area contributed by atoms with Gasteiger partial charge < -0.3 is 15.5 Å². The van der Waals surface area contributed by atoms with Gasteiger partial charge in [0.25, 0.3) is 5.91 Å². The van der Waals surface area contributed by atoms with Gasteiger partial charge in [-0.05, 0) is 42.7 Å². The summed E-state index contributed by atoms with van der Waals surface area (Å²) in [6.07, 6.45) is 2.55. The first-order valence-electron chi connectivity index (χ1n) is 8.29. The number of rotatable bonds is 5. The molecule has 2 amide bonds. The fraction of sp³-hybridized carbons (Fsp3) is 0.316. The molecule has 2 unspecified atom stereocenters. The molecule has 0 bridgehead atoms. The van der Waals surface area contributed by atoms with Gasteiger partial charge in [0.15, 0.2) is 0 Å². The molecule has 0 radical (unpaired) electrons. The third kappa shape index (κ3) is 4.15. The van der Waals surface area contributed by atoms with Crippen molar-refractivity contribution in [3.05, 3.63) is 48.2 Å². The maximum Gasteiger partial charge on any atom is 0.255 e. The highest BCUT2D eigenvalue weighted by molar-refractivity contribution is 6.05. The van der Waals surface area contributed by atoms with Crippen molar-refractivity contribution in [3.63, 3.8) is 0 Å². The van der Waals surface area contributed by atoms with E-state index in [2.05, 4.69) is 22.5 Å². The SMILES string of the molecule is CC1CC1C(=O)Nc1cccc(C(=O)Nc2ccc(N(C)C)nc2)c1. The number of anilines is 3. The number of hydrogen-bond acceptors (Lipinski definition) is 4. The van der Waals surface area contributed by atoms with Crippen LogP contribution in [0.15, 0.2) is 42.6 Å². The highest BCUT2D eigenvalue weighted by Gasteiger charge is 2.39. The molecule has 1 aromatic carbocycles. The van der Waals surface area contributed by atoms with E-state index in [9.17, 15) is 9.59 Å². The van der Waals surface area contributed by atoms with Crippen LogP contribution in [0, 0.1) is 11.8 Å². The number of aromatic nitrogens is 1. The summed E-state index contributed by atoms with van der Waals surface area (Å²) in [6.45, 7) is 2.06. The zero-order chi connectivity index (χ0) is 18.0. The van der Waals surface area contributed by atoms with Gasteiger partial charge >= 0.3 is 0 Å². The Labute approximate surface area is 147 Å². The first-order valence-corrected chi connectivity index (χ1v) is 8.29. The molecule has 0 saturated heterocycles. The maximum atomic E-state index is 12.4. The molecule has 2 N–H and O–H groups in total. The van der Waals surface area contributed by atoms with Gasteiger partial charge in [-0.2, -0.15) is 0 Å². The summed E-state index contributed by atoms with van der Waals surface area (Å²) in [6, 6.07) is 10.6. The molecule has 1 saturated carbocycles. The summed E-state index contributed by atoms with van der Waals surface area (Å²) in [5, 5.41) is 5.69. The predicted molar refractivity (Wildman–Crippen MR) is 98.9 cm³/mol. The van der Waals surface area contributed by atoms with Gasteiger partial charge in [-0.3, -0.25) is 9.59 Å². The van der Waals surface area contributed by atoms with Crippen molar-refractivity contribution < 1.29 is 9.59 Å². The van der Waals surface area contributed by atoms with E-state index in [1.54, 1.807) is 36.5 Å². The van der Waals surface area contributed by atoms with Crippen molar-refractivity contribution in [3.8, 4) is 0 Å². The normalized spacial score (nSPS) is 18.4. The van der Waals surface area contributed by atoms with E-state index in [0.29, 0.717) is 22.9 Å². The number of pyridine rings is 1. The van der Waals surface area contributed by atoms with Crippen LogP contribution in [0.5, 0.6) is 0 Å². The largest absolute Gasteiger partial charge is 0.363 e. The van der Waals surface area contributed by atoms with Gasteiger partial charge in [0.05, 0.1) is 11.9 Å². The second-order valence-electron chi connectivity index (χ2n) is 6.64. The Morgan fingerprint density at radius 2 is 1.88 bits per heavy atom. The van der Waals surface area contributed by atoms with Crippen LogP contribution in [0.1, 0.15) is 23.7 Å². The van der Waals surface area contributed by atoms with E-state index in [1.165, 1.54) is 0 Å². The van der Waals surface area contributed by atoms with Crippen LogP contribution in [0.4, 0.5) is 17.2 Å². The van der Waals surface area contributed by atoms with Crippen molar-refractivity contribution in [1.82, 2.24) is 4.98 Å². The molecule has 0 spiro atoms. The minimum absolute atomic E-state index is 0.0218. The Balaban J connectivity index is 1.65. The lowest BCUT2D eigenvalue weighted by molar-refractivity contribution is -0.117. The summed E-state index contributed by atoms with van der Waals surface area (Å²) >= 11 is 0. The molecule has 1 aliphatic carbocycles. The average molecular weight is 338 g/mol. The van der Waals surface area contributed by atoms with Gasteiger partial charge in [0, 0.05) is 31.3 Å². The quantitative estimate of drug-likeness (QED) is 0.879. The van der Waals surface area contributed by atoms with Crippen LogP contribution in [0.2, 0.25) is 0 Å². The van der Waals surface area contributed by atoms with Crippen molar-refractivity contribution in [2.45, 2.75) is 13.3 Å². The molecule has 3 rings (SSSR count). The zero-order valence-electron chi connectivity index (χ0n) is 14.6. The number of hydrogen-bond donors (Lipinski definition) is 2. The van der Waals surface area contributed by atoms with Crippen molar-refractivity contribution in [2.24, 2.45) is 11.8 Å². The molecule has 2 aromatic rings. The molecule has 6 heteroatoms. The summed E-state index contributed by atoms with van der Waals surface area (Å²) < 4.78 is 0. The van der Waals surface area contributed by atoms with Crippen LogP contribution in [-0.2, 0) is 4.79 Å². The van der Waals surface area contributed by atoms with Gasteiger partial charge in [-0.25, -0.2) is 4.98 Å². The summed E-state index contributed by atoms with van der Waals surface area (Å²) in [5.41, 5.74) is 1.74. The third-order valence-corrected chi connectivity index (χ3v) is 4.30. The molecule has 1 heterocycles. The zero-order valence-corrected chi connectivity index (χ0v) is 14.6. The van der Waals surface area contributed by atoms with Crippen LogP contribution in [0.3, 0.4) is 0 Å². The molecule has 130 valence electrons. The Morgan fingerprint density at radius 1 is 1.12 bits per heavy atom. The predicted octanol–water partition coefficient (Wildman–Crippen LogP) is 2.99. The van der Waals surface area contributed by atoms with Crippen LogP contribution >= 0.6 is 0 Å². The van der Waals surface area contributed by atoms with Gasteiger partial charge in [0.1, 0.15) is 5.82 Å². The van der Waals surface area contributed by atoms with Gasteiger partial charge in [0.2, 0.25) is 5.91 Å². The van der Waals surface area contributed by atoms with E-state index in [4.69, 9.17) is 0 Å². The Hall–Kier alpha value is -2.89. The smallest absolute Gasteiger partial charge is 0.255 e. The molecule has 1 aliphatic rings. The number of nitrogens with zero attached hydrogens (tertiary/aromatic N) is 2. The summed E-state index contributed by atoms with van der Waals surface area (Å²) in [4.78, 5) is 30.6. The fourth-order valence-corrected chi connectivity index (χ4v) is 2.59. The Bertz CT molecular complexity index is 786. The number of nitrogens with one attached hydrogen (secondary N) is 2. The van der Waals surface area contributed by atoms with Crippen molar-refractivity contribution in [1.29, 1.82) is 0 Å². The lowest BCUT2D eigenvalue weighted by Gasteiger charge is -2.12. The fourth-order valence-electron chi connectivity index (χ4n) is 2.59. The maximum absolute atomic E-state index is 12.4. The van der Waals surface area contributed by atoms with E-state index in [0.717, 1.165) is 12.2 Å². The number of amides is 2. The molecule has 0 aliphatic heterocycles. The lowest BCUT2D eigenvalue weighted by Crippen LogP contribution is -2.16. The lowest BCUT2D eigenvalue weighted by atomic mass is 10.1.